The van der Waals surface area contributed by atoms with Gasteiger partial charge in [0, 0.05) is 6.42 Å². The third kappa shape index (κ3) is 2.86. The van der Waals surface area contributed by atoms with E-state index in [0.29, 0.717) is 0 Å². The number of hydrogen-bond acceptors (Lipinski definition) is 3. The Labute approximate surface area is 99.9 Å². The zero-order valence-corrected chi connectivity index (χ0v) is 10.6. The van der Waals surface area contributed by atoms with E-state index in [1.807, 2.05) is 0 Å². The average molecular weight is 250 g/mol. The van der Waals surface area contributed by atoms with Gasteiger partial charge in [-0.05, 0) is 33.2 Å². The van der Waals surface area contributed by atoms with Crippen molar-refractivity contribution in [2.75, 3.05) is 6.54 Å². The number of ether oxygens (including phenoxy) is 1. The number of carbonyl (C=O) groups excluding carboxylic acids is 1. The van der Waals surface area contributed by atoms with Crippen molar-refractivity contribution in [1.29, 1.82) is 0 Å². The lowest BCUT2D eigenvalue weighted by Crippen LogP contribution is -2.49. The van der Waals surface area contributed by atoms with Crippen molar-refractivity contribution in [1.82, 2.24) is 5.32 Å². The summed E-state index contributed by atoms with van der Waals surface area (Å²) in [4.78, 5) is 11.5. The molecular weight excluding hydrogens is 230 g/mol. The van der Waals surface area contributed by atoms with Crippen molar-refractivity contribution in [3.63, 3.8) is 0 Å². The third-order valence-electron chi connectivity index (χ3n) is 2.95. The van der Waals surface area contributed by atoms with Crippen LogP contribution in [0.2, 0.25) is 0 Å². The molecule has 3 N–H and O–H groups in total. The normalized spacial score (nSPS) is 28.4. The Morgan fingerprint density at radius 1 is 1.53 bits per heavy atom. The van der Waals surface area contributed by atoms with Gasteiger partial charge in [-0.15, -0.1) is 0 Å². The minimum Gasteiger partial charge on any atom is -0.444 e. The van der Waals surface area contributed by atoms with E-state index in [9.17, 15) is 13.6 Å². The number of nitrogens with two attached hydrogens (primary N) is 1. The van der Waals surface area contributed by atoms with E-state index in [1.54, 1.807) is 27.7 Å². The fourth-order valence-corrected chi connectivity index (χ4v) is 1.79. The maximum Gasteiger partial charge on any atom is 0.408 e. The number of carbonyl (C=O) groups is 1. The maximum atomic E-state index is 13.4. The number of alkyl halides is 2. The van der Waals surface area contributed by atoms with Crippen LogP contribution in [0, 0.1) is 5.92 Å². The molecule has 0 saturated heterocycles. The topological polar surface area (TPSA) is 64.3 Å². The summed E-state index contributed by atoms with van der Waals surface area (Å²) in [6.07, 6.45) is -1.20. The smallest absolute Gasteiger partial charge is 0.408 e. The lowest BCUT2D eigenvalue weighted by atomic mass is 9.99. The summed E-state index contributed by atoms with van der Waals surface area (Å²) >= 11 is 0. The summed E-state index contributed by atoms with van der Waals surface area (Å²) < 4.78 is 31.7. The molecule has 1 fully saturated rings. The molecule has 0 aromatic heterocycles. The van der Waals surface area contributed by atoms with Crippen LogP contribution in [0.5, 0.6) is 0 Å². The first kappa shape index (κ1) is 14.2. The Hall–Kier alpha value is -0.910. The largest absolute Gasteiger partial charge is 0.444 e. The number of nitrogens with one attached hydrogen (secondary N) is 1. The van der Waals surface area contributed by atoms with Gasteiger partial charge in [0.25, 0.3) is 5.92 Å². The number of amides is 1. The Morgan fingerprint density at radius 3 is 2.29 bits per heavy atom. The molecule has 0 aromatic carbocycles. The van der Waals surface area contributed by atoms with Gasteiger partial charge < -0.3 is 15.8 Å². The van der Waals surface area contributed by atoms with Gasteiger partial charge in [0.05, 0.1) is 0 Å². The predicted molar refractivity (Wildman–Crippen MR) is 59.9 cm³/mol. The molecule has 0 radical (unpaired) electrons. The highest BCUT2D eigenvalue weighted by molar-refractivity contribution is 5.70. The Bertz CT molecular complexity index is 315. The van der Waals surface area contributed by atoms with Crippen LogP contribution in [0.3, 0.4) is 0 Å². The van der Waals surface area contributed by atoms with Crippen LogP contribution < -0.4 is 11.1 Å². The molecule has 0 aromatic rings. The molecule has 6 heteroatoms. The van der Waals surface area contributed by atoms with E-state index in [-0.39, 0.29) is 13.0 Å². The van der Waals surface area contributed by atoms with Crippen molar-refractivity contribution in [3.8, 4) is 0 Å². The molecule has 0 bridgehead atoms. The maximum absolute atomic E-state index is 13.4. The number of halogens is 2. The second kappa shape index (κ2) is 4.08. The Balaban J connectivity index is 2.68. The minimum absolute atomic E-state index is 0.0887. The fourth-order valence-electron chi connectivity index (χ4n) is 1.79. The SMILES string of the molecule is CC(CN)C1(NC(=O)OC(C)(C)C)CC1(F)F. The van der Waals surface area contributed by atoms with Gasteiger partial charge in [-0.25, -0.2) is 13.6 Å². The zero-order valence-electron chi connectivity index (χ0n) is 10.6. The fraction of sp³-hybridized carbons (Fsp3) is 0.909. The highest BCUT2D eigenvalue weighted by Crippen LogP contribution is 2.56. The molecule has 0 aliphatic heterocycles. The van der Waals surface area contributed by atoms with E-state index in [4.69, 9.17) is 10.5 Å². The van der Waals surface area contributed by atoms with Gasteiger partial charge in [-0.3, -0.25) is 0 Å². The van der Waals surface area contributed by atoms with Crippen LogP contribution >= 0.6 is 0 Å². The van der Waals surface area contributed by atoms with Crippen LogP contribution in [0.25, 0.3) is 0 Å². The van der Waals surface area contributed by atoms with Crippen LogP contribution in [-0.2, 0) is 4.74 Å². The first-order valence-corrected chi connectivity index (χ1v) is 5.63. The van der Waals surface area contributed by atoms with Crippen LogP contribution in [-0.4, -0.2) is 29.7 Å². The molecule has 100 valence electrons. The van der Waals surface area contributed by atoms with Crippen LogP contribution in [0.15, 0.2) is 0 Å². The molecule has 17 heavy (non-hydrogen) atoms. The van der Waals surface area contributed by atoms with Gasteiger partial charge in [0.2, 0.25) is 0 Å². The van der Waals surface area contributed by atoms with Crippen molar-refractivity contribution in [2.45, 2.75) is 51.2 Å². The second-order valence-electron chi connectivity index (χ2n) is 5.62. The van der Waals surface area contributed by atoms with Crippen LogP contribution in [0.4, 0.5) is 13.6 Å². The molecule has 1 saturated carbocycles. The first-order chi connectivity index (χ1) is 7.54. The van der Waals surface area contributed by atoms with E-state index in [2.05, 4.69) is 5.32 Å². The van der Waals surface area contributed by atoms with Crippen molar-refractivity contribution < 1.29 is 18.3 Å². The third-order valence-corrected chi connectivity index (χ3v) is 2.95. The van der Waals surface area contributed by atoms with E-state index >= 15 is 0 Å². The minimum atomic E-state index is -2.90. The summed E-state index contributed by atoms with van der Waals surface area (Å²) in [5, 5.41) is 2.27. The van der Waals surface area contributed by atoms with Crippen molar-refractivity contribution in [2.24, 2.45) is 11.7 Å². The molecule has 2 unspecified atom stereocenters. The van der Waals surface area contributed by atoms with E-state index in [0.717, 1.165) is 0 Å². The van der Waals surface area contributed by atoms with Gasteiger partial charge in [-0.2, -0.15) is 0 Å². The second-order valence-corrected chi connectivity index (χ2v) is 5.62. The van der Waals surface area contributed by atoms with Gasteiger partial charge in [0.1, 0.15) is 11.1 Å². The van der Waals surface area contributed by atoms with Crippen molar-refractivity contribution in [3.05, 3.63) is 0 Å². The summed E-state index contributed by atoms with van der Waals surface area (Å²) in [7, 11) is 0. The predicted octanol–water partition coefficient (Wildman–Crippen LogP) is 1.88. The molecule has 1 aliphatic rings. The van der Waals surface area contributed by atoms with Gasteiger partial charge in [0.15, 0.2) is 0 Å². The molecule has 0 spiro atoms. The monoisotopic (exact) mass is 250 g/mol. The molecule has 0 heterocycles. The summed E-state index contributed by atoms with van der Waals surface area (Å²) in [5.41, 5.74) is 3.15. The first-order valence-electron chi connectivity index (χ1n) is 5.63. The molecule has 1 rings (SSSR count). The molecule has 2 atom stereocenters. The van der Waals surface area contributed by atoms with E-state index < -0.39 is 29.1 Å². The Kier molecular flexibility index (Phi) is 3.40. The number of rotatable bonds is 3. The highest BCUT2D eigenvalue weighted by Gasteiger charge is 2.74. The quantitative estimate of drug-likeness (QED) is 0.803. The van der Waals surface area contributed by atoms with Gasteiger partial charge in [-0.1, -0.05) is 6.92 Å². The van der Waals surface area contributed by atoms with Crippen molar-refractivity contribution >= 4 is 6.09 Å². The lowest BCUT2D eigenvalue weighted by Gasteiger charge is -2.26. The molecule has 1 amide bonds. The highest BCUT2D eigenvalue weighted by atomic mass is 19.3. The summed E-state index contributed by atoms with van der Waals surface area (Å²) in [6.45, 7) is 6.72. The number of hydrogen-bond donors (Lipinski definition) is 2. The van der Waals surface area contributed by atoms with Gasteiger partial charge >= 0.3 is 6.09 Å². The Morgan fingerprint density at radius 2 is 2.00 bits per heavy atom. The van der Waals surface area contributed by atoms with E-state index in [1.165, 1.54) is 0 Å². The summed E-state index contributed by atoms with van der Waals surface area (Å²) in [5.74, 6) is -3.40. The molecule has 4 nitrogen and oxygen atoms in total. The standard InChI is InChI=1S/C11H20F2N2O2/c1-7(5-14)10(6-11(10,12)13)15-8(16)17-9(2,3)4/h7H,5-6,14H2,1-4H3,(H,15,16). The number of alkyl carbamates (subject to hydrolysis) is 1. The lowest BCUT2D eigenvalue weighted by molar-refractivity contribution is 0.0287. The molecule has 1 aliphatic carbocycles. The van der Waals surface area contributed by atoms with Crippen LogP contribution in [0.1, 0.15) is 34.1 Å². The zero-order chi connectivity index (χ0) is 13.5. The average Bonchev–Trinajstić information content (AvgIpc) is 2.64. The summed E-state index contributed by atoms with van der Waals surface area (Å²) in [6, 6.07) is 0. The molecular formula is C11H20F2N2O2.